The maximum Gasteiger partial charge on any atom is 0.410 e. The van der Waals surface area contributed by atoms with E-state index in [0.29, 0.717) is 0 Å². The van der Waals surface area contributed by atoms with Crippen molar-refractivity contribution in [3.8, 4) is 0 Å². The molecule has 2 aliphatic heterocycles. The summed E-state index contributed by atoms with van der Waals surface area (Å²) in [6, 6.07) is 0. The summed E-state index contributed by atoms with van der Waals surface area (Å²) in [4.78, 5) is 25.0. The van der Waals surface area contributed by atoms with E-state index in [2.05, 4.69) is 9.88 Å². The van der Waals surface area contributed by atoms with Crippen molar-refractivity contribution in [2.24, 2.45) is 5.92 Å². The normalized spacial score (nSPS) is 23.6. The van der Waals surface area contributed by atoms with Crippen LogP contribution in [0.1, 0.15) is 57.8 Å². The molecule has 3 heterocycles. The number of piperidine rings is 1. The number of aromatic amines is 1. The van der Waals surface area contributed by atoms with E-state index in [-0.39, 0.29) is 11.6 Å². The van der Waals surface area contributed by atoms with Gasteiger partial charge in [0, 0.05) is 38.3 Å². The van der Waals surface area contributed by atoms with Crippen LogP contribution >= 0.6 is 0 Å². The fourth-order valence-corrected chi connectivity index (χ4v) is 4.34. The lowest BCUT2D eigenvalue weighted by atomic mass is 9.78. The molecule has 1 aliphatic carbocycles. The van der Waals surface area contributed by atoms with E-state index in [1.165, 1.54) is 30.8 Å². The first-order chi connectivity index (χ1) is 11.9. The molecule has 0 aromatic carbocycles. The highest BCUT2D eigenvalue weighted by atomic mass is 16.6. The molecule has 1 aromatic rings. The summed E-state index contributed by atoms with van der Waals surface area (Å²) in [5, 5.41) is 0. The number of hydrogen-bond donors (Lipinski definition) is 1. The highest BCUT2D eigenvalue weighted by Crippen LogP contribution is 2.44. The molecule has 0 unspecified atom stereocenters. The van der Waals surface area contributed by atoms with Gasteiger partial charge in [-0.1, -0.05) is 0 Å². The fourth-order valence-electron chi connectivity index (χ4n) is 4.34. The first kappa shape index (κ1) is 16.9. The minimum absolute atomic E-state index is 0.00527. The minimum Gasteiger partial charge on any atom is -0.444 e. The molecule has 0 bridgehead atoms. The third-order valence-corrected chi connectivity index (χ3v) is 5.81. The average molecular weight is 346 g/mol. The number of aromatic nitrogens is 2. The van der Waals surface area contributed by atoms with E-state index < -0.39 is 5.60 Å². The predicted molar refractivity (Wildman–Crippen MR) is 95.3 cm³/mol. The van der Waals surface area contributed by atoms with E-state index in [0.717, 1.165) is 44.8 Å². The van der Waals surface area contributed by atoms with E-state index >= 15 is 0 Å². The summed E-state index contributed by atoms with van der Waals surface area (Å²) in [5.41, 5.74) is 2.07. The number of nitrogens with one attached hydrogen (secondary N) is 1. The Morgan fingerprint density at radius 1 is 1.32 bits per heavy atom. The molecule has 1 saturated carbocycles. The van der Waals surface area contributed by atoms with Crippen molar-refractivity contribution in [2.45, 2.75) is 64.0 Å². The highest BCUT2D eigenvalue weighted by molar-refractivity contribution is 5.68. The Kier molecular flexibility index (Phi) is 4.06. The first-order valence-electron chi connectivity index (χ1n) is 9.63. The molecule has 0 atom stereocenters. The van der Waals surface area contributed by atoms with Gasteiger partial charge in [0.2, 0.25) is 0 Å². The van der Waals surface area contributed by atoms with Crippen molar-refractivity contribution in [2.75, 3.05) is 26.2 Å². The first-order valence-corrected chi connectivity index (χ1v) is 9.63. The van der Waals surface area contributed by atoms with Crippen molar-refractivity contribution in [1.29, 1.82) is 0 Å². The average Bonchev–Trinajstić information content (AvgIpc) is 3.23. The summed E-state index contributed by atoms with van der Waals surface area (Å²) in [6.07, 6.45) is 7.32. The molecular formula is C19H30N4O2. The number of H-pyrrole nitrogens is 1. The number of likely N-dealkylation sites (tertiary alicyclic amines) is 1. The van der Waals surface area contributed by atoms with Crippen LogP contribution in [0.15, 0.2) is 6.33 Å². The van der Waals surface area contributed by atoms with Gasteiger partial charge in [-0.15, -0.1) is 0 Å². The van der Waals surface area contributed by atoms with Crippen molar-refractivity contribution in [1.82, 2.24) is 19.8 Å². The SMILES string of the molecule is CC(C)(C)OC(=O)N1CCC2(CC1)c1nc[nH]c1CCN2CC1CC1. The number of amides is 1. The van der Waals surface area contributed by atoms with Crippen LogP contribution in [-0.4, -0.2) is 57.6 Å². The zero-order valence-corrected chi connectivity index (χ0v) is 15.7. The second-order valence-corrected chi connectivity index (χ2v) is 8.87. The summed E-state index contributed by atoms with van der Waals surface area (Å²) >= 11 is 0. The monoisotopic (exact) mass is 346 g/mol. The second-order valence-electron chi connectivity index (χ2n) is 8.87. The predicted octanol–water partition coefficient (Wildman–Crippen LogP) is 2.90. The number of carbonyl (C=O) groups excluding carboxylic acids is 1. The quantitative estimate of drug-likeness (QED) is 0.894. The van der Waals surface area contributed by atoms with E-state index in [1.807, 2.05) is 32.0 Å². The van der Waals surface area contributed by atoms with Gasteiger partial charge in [0.15, 0.2) is 0 Å². The lowest BCUT2D eigenvalue weighted by Crippen LogP contribution is -2.57. The maximum atomic E-state index is 12.4. The Hall–Kier alpha value is -1.56. The smallest absolute Gasteiger partial charge is 0.410 e. The van der Waals surface area contributed by atoms with Gasteiger partial charge in [-0.05, 0) is 52.4 Å². The van der Waals surface area contributed by atoms with Gasteiger partial charge >= 0.3 is 6.09 Å². The molecule has 1 N–H and O–H groups in total. The van der Waals surface area contributed by atoms with Gasteiger partial charge in [-0.25, -0.2) is 9.78 Å². The van der Waals surface area contributed by atoms with Gasteiger partial charge in [-0.3, -0.25) is 4.90 Å². The molecule has 6 nitrogen and oxygen atoms in total. The van der Waals surface area contributed by atoms with Crippen molar-refractivity contribution < 1.29 is 9.53 Å². The number of nitrogens with zero attached hydrogens (tertiary/aromatic N) is 3. The fraction of sp³-hybridized carbons (Fsp3) is 0.789. The van der Waals surface area contributed by atoms with E-state index in [4.69, 9.17) is 9.72 Å². The van der Waals surface area contributed by atoms with Gasteiger partial charge in [-0.2, -0.15) is 0 Å². The molecule has 1 saturated heterocycles. The minimum atomic E-state index is -0.440. The van der Waals surface area contributed by atoms with E-state index in [9.17, 15) is 4.79 Å². The molecule has 0 radical (unpaired) electrons. The zero-order valence-electron chi connectivity index (χ0n) is 15.7. The van der Waals surface area contributed by atoms with Crippen LogP contribution in [0, 0.1) is 5.92 Å². The lowest BCUT2D eigenvalue weighted by Gasteiger charge is -2.50. The Morgan fingerprint density at radius 3 is 2.68 bits per heavy atom. The number of fused-ring (bicyclic) bond motifs is 2. The third kappa shape index (κ3) is 3.28. The van der Waals surface area contributed by atoms with Crippen LogP contribution in [-0.2, 0) is 16.7 Å². The van der Waals surface area contributed by atoms with Crippen molar-refractivity contribution in [3.63, 3.8) is 0 Å². The largest absolute Gasteiger partial charge is 0.444 e. The van der Waals surface area contributed by atoms with Crippen LogP contribution < -0.4 is 0 Å². The van der Waals surface area contributed by atoms with Crippen molar-refractivity contribution >= 4 is 6.09 Å². The Bertz CT molecular complexity index is 636. The standard InChI is InChI=1S/C19H30N4O2/c1-18(2,3)25-17(24)22-10-7-19(8-11-22)16-15(20-13-21-16)6-9-23(19)12-14-4-5-14/h13-14H,4-12H2,1-3H3,(H,20,21). The highest BCUT2D eigenvalue weighted by Gasteiger charge is 2.48. The number of carbonyl (C=O) groups is 1. The van der Waals surface area contributed by atoms with Crippen LogP contribution in [0.25, 0.3) is 0 Å². The van der Waals surface area contributed by atoms with Crippen LogP contribution in [0.5, 0.6) is 0 Å². The molecular weight excluding hydrogens is 316 g/mol. The molecule has 2 fully saturated rings. The Morgan fingerprint density at radius 2 is 2.04 bits per heavy atom. The van der Waals surface area contributed by atoms with E-state index in [1.54, 1.807) is 0 Å². The number of imidazole rings is 1. The van der Waals surface area contributed by atoms with Gasteiger partial charge in [0.25, 0.3) is 0 Å². The molecule has 1 aromatic heterocycles. The Labute approximate surface area is 149 Å². The molecule has 1 spiro atoms. The summed E-state index contributed by atoms with van der Waals surface area (Å²) in [7, 11) is 0. The zero-order chi connectivity index (χ0) is 17.7. The molecule has 4 rings (SSSR count). The maximum absolute atomic E-state index is 12.4. The summed E-state index contributed by atoms with van der Waals surface area (Å²) in [5.74, 6) is 0.862. The molecule has 6 heteroatoms. The van der Waals surface area contributed by atoms with Crippen LogP contribution in [0.4, 0.5) is 4.79 Å². The van der Waals surface area contributed by atoms with Gasteiger partial charge in [0.1, 0.15) is 5.60 Å². The number of hydrogen-bond acceptors (Lipinski definition) is 4. The molecule has 138 valence electrons. The lowest BCUT2D eigenvalue weighted by molar-refractivity contribution is -0.0167. The summed E-state index contributed by atoms with van der Waals surface area (Å²) < 4.78 is 5.56. The third-order valence-electron chi connectivity index (χ3n) is 5.81. The van der Waals surface area contributed by atoms with Crippen LogP contribution in [0.2, 0.25) is 0 Å². The number of ether oxygens (including phenoxy) is 1. The van der Waals surface area contributed by atoms with Gasteiger partial charge < -0.3 is 14.6 Å². The van der Waals surface area contributed by atoms with Crippen molar-refractivity contribution in [3.05, 3.63) is 17.7 Å². The topological polar surface area (TPSA) is 61.5 Å². The van der Waals surface area contributed by atoms with Gasteiger partial charge in [0.05, 0.1) is 17.6 Å². The number of rotatable bonds is 2. The van der Waals surface area contributed by atoms with Crippen LogP contribution in [0.3, 0.4) is 0 Å². The summed E-state index contributed by atoms with van der Waals surface area (Å²) in [6.45, 7) is 9.52. The molecule has 25 heavy (non-hydrogen) atoms. The molecule has 3 aliphatic rings. The Balaban J connectivity index is 1.51. The second kappa shape index (κ2) is 6.01. The molecule has 1 amide bonds.